The third-order valence-corrected chi connectivity index (χ3v) is 5.46. The summed E-state index contributed by atoms with van der Waals surface area (Å²) in [6.45, 7) is 9.09. The minimum atomic E-state index is -0.654. The highest BCUT2D eigenvalue weighted by atomic mass is 16.6. The lowest BCUT2D eigenvalue weighted by atomic mass is 9.88. The summed E-state index contributed by atoms with van der Waals surface area (Å²) < 4.78 is 5.52. The van der Waals surface area contributed by atoms with Crippen LogP contribution in [0.4, 0.5) is 4.79 Å². The molecule has 1 aliphatic heterocycles. The topological polar surface area (TPSA) is 97.0 Å². The Bertz CT molecular complexity index is 763. The van der Waals surface area contributed by atoms with Crippen LogP contribution in [0.15, 0.2) is 30.3 Å². The van der Waals surface area contributed by atoms with Gasteiger partial charge in [-0.1, -0.05) is 56.5 Å². The van der Waals surface area contributed by atoms with Crippen molar-refractivity contribution in [3.8, 4) is 0 Å². The summed E-state index contributed by atoms with van der Waals surface area (Å²) in [6, 6.07) is 8.87. The number of rotatable bonds is 11. The zero-order chi connectivity index (χ0) is 24.3. The summed E-state index contributed by atoms with van der Waals surface area (Å²) in [7, 11) is 0. The molecule has 0 aromatic heterocycles. The van der Waals surface area contributed by atoms with Crippen molar-refractivity contribution < 1.29 is 24.0 Å². The largest absolute Gasteiger partial charge is 0.444 e. The van der Waals surface area contributed by atoms with Gasteiger partial charge in [0.1, 0.15) is 11.6 Å². The molecular formula is C25H39N3O5. The molecule has 184 valence electrons. The second-order valence-electron chi connectivity index (χ2n) is 9.49. The van der Waals surface area contributed by atoms with E-state index in [4.69, 9.17) is 9.57 Å². The first-order chi connectivity index (χ1) is 15.7. The lowest BCUT2D eigenvalue weighted by molar-refractivity contribution is -0.139. The van der Waals surface area contributed by atoms with E-state index in [1.165, 1.54) is 4.90 Å². The number of ether oxygens (including phenoxy) is 1. The van der Waals surface area contributed by atoms with Crippen LogP contribution < -0.4 is 10.8 Å². The van der Waals surface area contributed by atoms with Crippen LogP contribution in [0.5, 0.6) is 0 Å². The summed E-state index contributed by atoms with van der Waals surface area (Å²) in [5.74, 6) is -0.942. The van der Waals surface area contributed by atoms with Gasteiger partial charge in [0.15, 0.2) is 5.78 Å². The fraction of sp³-hybridized carbons (Fsp3) is 0.640. The molecule has 1 aromatic rings. The van der Waals surface area contributed by atoms with Gasteiger partial charge >= 0.3 is 6.09 Å². The van der Waals surface area contributed by atoms with Crippen molar-refractivity contribution in [1.82, 2.24) is 15.7 Å². The lowest BCUT2D eigenvalue weighted by Crippen LogP contribution is -2.59. The monoisotopic (exact) mass is 461 g/mol. The Morgan fingerprint density at radius 1 is 1.18 bits per heavy atom. The van der Waals surface area contributed by atoms with Crippen LogP contribution in [-0.2, 0) is 25.8 Å². The quantitative estimate of drug-likeness (QED) is 0.386. The van der Waals surface area contributed by atoms with Crippen molar-refractivity contribution in [2.75, 3.05) is 19.6 Å². The number of nitrogens with zero attached hydrogens (tertiary/aromatic N) is 1. The number of benzene rings is 1. The number of hydrogen-bond donors (Lipinski definition) is 2. The maximum absolute atomic E-state index is 13.5. The van der Waals surface area contributed by atoms with Crippen LogP contribution in [0.1, 0.15) is 65.4 Å². The van der Waals surface area contributed by atoms with Gasteiger partial charge in [0.25, 0.3) is 0 Å². The predicted molar refractivity (Wildman–Crippen MR) is 126 cm³/mol. The van der Waals surface area contributed by atoms with Crippen LogP contribution >= 0.6 is 0 Å². The zero-order valence-electron chi connectivity index (χ0n) is 20.4. The summed E-state index contributed by atoms with van der Waals surface area (Å²) in [5.41, 5.74) is 2.76. The standard InChI is InChI=1S/C25H39N3O5/c1-5-6-8-13-20(16-22(29)27-32-18-19-11-9-7-10-12-19)23(30)21-17-26-14-15-28(21)24(31)33-25(2,3)4/h7,9-12,20-21,26H,5-6,8,13-18H2,1-4H3,(H,27,29)/t20-,21-/m0/s1. The highest BCUT2D eigenvalue weighted by molar-refractivity contribution is 5.92. The van der Waals surface area contributed by atoms with Crippen molar-refractivity contribution in [2.45, 2.75) is 78.0 Å². The molecule has 1 saturated heterocycles. The van der Waals surface area contributed by atoms with Gasteiger partial charge in [0.05, 0.1) is 6.61 Å². The maximum atomic E-state index is 13.5. The molecule has 2 atom stereocenters. The van der Waals surface area contributed by atoms with E-state index in [1.54, 1.807) is 20.8 Å². The third kappa shape index (κ3) is 9.52. The molecule has 0 spiro atoms. The SMILES string of the molecule is CCCCC[C@@H](CC(=O)NOCc1ccccc1)C(=O)[C@@H]1CNCCN1C(=O)OC(C)(C)C. The number of nitrogens with one attached hydrogen (secondary N) is 2. The first-order valence-corrected chi connectivity index (χ1v) is 11.9. The summed E-state index contributed by atoms with van der Waals surface area (Å²) in [6.07, 6.45) is 2.97. The van der Waals surface area contributed by atoms with Gasteiger partial charge in [0, 0.05) is 32.0 Å². The third-order valence-electron chi connectivity index (χ3n) is 5.46. The fourth-order valence-electron chi connectivity index (χ4n) is 3.79. The maximum Gasteiger partial charge on any atom is 0.410 e. The Balaban J connectivity index is 2.01. The second kappa shape index (κ2) is 13.3. The highest BCUT2D eigenvalue weighted by Gasteiger charge is 2.38. The van der Waals surface area contributed by atoms with Gasteiger partial charge in [-0.25, -0.2) is 10.3 Å². The van der Waals surface area contributed by atoms with Gasteiger partial charge in [0.2, 0.25) is 5.91 Å². The van der Waals surface area contributed by atoms with E-state index in [0.29, 0.717) is 26.1 Å². The van der Waals surface area contributed by atoms with E-state index < -0.39 is 23.7 Å². The molecule has 8 nitrogen and oxygen atoms in total. The Labute approximate surface area is 197 Å². The molecule has 0 radical (unpaired) electrons. The molecular weight excluding hydrogens is 422 g/mol. The van der Waals surface area contributed by atoms with Gasteiger partial charge < -0.3 is 10.1 Å². The van der Waals surface area contributed by atoms with Crippen molar-refractivity contribution >= 4 is 17.8 Å². The Hall–Kier alpha value is -2.45. The minimum absolute atomic E-state index is 0.0238. The van der Waals surface area contributed by atoms with Crippen molar-refractivity contribution in [3.63, 3.8) is 0 Å². The number of piperazine rings is 1. The summed E-state index contributed by atoms with van der Waals surface area (Å²) >= 11 is 0. The number of hydrogen-bond acceptors (Lipinski definition) is 6. The fourth-order valence-corrected chi connectivity index (χ4v) is 3.79. The predicted octanol–water partition coefficient (Wildman–Crippen LogP) is 3.60. The molecule has 1 aliphatic rings. The molecule has 2 N–H and O–H groups in total. The second-order valence-corrected chi connectivity index (χ2v) is 9.49. The van der Waals surface area contributed by atoms with E-state index in [-0.39, 0.29) is 24.7 Å². The number of carbonyl (C=O) groups excluding carboxylic acids is 3. The highest BCUT2D eigenvalue weighted by Crippen LogP contribution is 2.22. The number of amides is 2. The van der Waals surface area contributed by atoms with E-state index in [9.17, 15) is 14.4 Å². The van der Waals surface area contributed by atoms with Crippen LogP contribution in [0.25, 0.3) is 0 Å². The average Bonchev–Trinajstić information content (AvgIpc) is 2.77. The Morgan fingerprint density at radius 3 is 2.58 bits per heavy atom. The first kappa shape index (κ1) is 26.8. The molecule has 33 heavy (non-hydrogen) atoms. The minimum Gasteiger partial charge on any atom is -0.444 e. The molecule has 8 heteroatoms. The number of Topliss-reactive ketones (excluding diaryl/α,β-unsaturated/α-hetero) is 1. The van der Waals surface area contributed by atoms with E-state index in [1.807, 2.05) is 30.3 Å². The zero-order valence-corrected chi connectivity index (χ0v) is 20.4. The van der Waals surface area contributed by atoms with Crippen LogP contribution in [0.2, 0.25) is 0 Å². The van der Waals surface area contributed by atoms with E-state index in [0.717, 1.165) is 24.8 Å². The van der Waals surface area contributed by atoms with Gasteiger partial charge in [-0.15, -0.1) is 0 Å². The van der Waals surface area contributed by atoms with Gasteiger partial charge in [-0.3, -0.25) is 19.3 Å². The van der Waals surface area contributed by atoms with Crippen molar-refractivity contribution in [1.29, 1.82) is 0 Å². The molecule has 0 aliphatic carbocycles. The number of unbranched alkanes of at least 4 members (excludes halogenated alkanes) is 2. The number of ketones is 1. The van der Waals surface area contributed by atoms with E-state index in [2.05, 4.69) is 17.7 Å². The van der Waals surface area contributed by atoms with Crippen LogP contribution in [0.3, 0.4) is 0 Å². The average molecular weight is 462 g/mol. The Kier molecular flexibility index (Phi) is 10.8. The Morgan fingerprint density at radius 2 is 1.91 bits per heavy atom. The van der Waals surface area contributed by atoms with Crippen molar-refractivity contribution in [3.05, 3.63) is 35.9 Å². The van der Waals surface area contributed by atoms with Crippen LogP contribution in [0, 0.1) is 5.92 Å². The van der Waals surface area contributed by atoms with E-state index >= 15 is 0 Å². The van der Waals surface area contributed by atoms with Gasteiger partial charge in [-0.05, 0) is 32.8 Å². The molecule has 1 heterocycles. The number of hydroxylamine groups is 1. The van der Waals surface area contributed by atoms with Crippen molar-refractivity contribution in [2.24, 2.45) is 5.92 Å². The molecule has 0 unspecified atom stereocenters. The van der Waals surface area contributed by atoms with Crippen LogP contribution in [-0.4, -0.2) is 54.0 Å². The van der Waals surface area contributed by atoms with Gasteiger partial charge in [-0.2, -0.15) is 0 Å². The summed E-state index contributed by atoms with van der Waals surface area (Å²) in [4.78, 5) is 45.6. The summed E-state index contributed by atoms with van der Waals surface area (Å²) in [5, 5.41) is 3.20. The number of carbonyl (C=O) groups is 3. The molecule has 1 aromatic carbocycles. The molecule has 0 bridgehead atoms. The first-order valence-electron chi connectivity index (χ1n) is 11.9. The smallest absolute Gasteiger partial charge is 0.410 e. The lowest BCUT2D eigenvalue weighted by Gasteiger charge is -2.37. The molecule has 2 amide bonds. The normalized spacial score (nSPS) is 17.3. The molecule has 1 fully saturated rings. The molecule has 2 rings (SSSR count). The molecule has 0 saturated carbocycles.